The second-order valence-corrected chi connectivity index (χ2v) is 6.87. The molecule has 0 heterocycles. The van der Waals surface area contributed by atoms with Gasteiger partial charge in [-0.15, -0.1) is 5.11 Å². The van der Waals surface area contributed by atoms with Gasteiger partial charge in [0.25, 0.3) is 5.91 Å². The Morgan fingerprint density at radius 2 is 1.48 bits per heavy atom. The summed E-state index contributed by atoms with van der Waals surface area (Å²) in [6.07, 6.45) is 0. The average Bonchev–Trinajstić information content (AvgIpc) is 2.86. The summed E-state index contributed by atoms with van der Waals surface area (Å²) in [5, 5.41) is 22.7. The number of amides is 1. The van der Waals surface area contributed by atoms with Crippen LogP contribution in [0, 0.1) is 6.92 Å². The number of aryl methyl sites for hydroxylation is 1. The second kappa shape index (κ2) is 12.6. The van der Waals surface area contributed by atoms with Crippen molar-refractivity contribution in [3.63, 3.8) is 0 Å². The maximum atomic E-state index is 10.9. The SMILES string of the molecule is CC.CNC(=O)c1ccccc1.Cc1cc(O)c2c(N=Nc3ccccc3)c(N)ccc2c1. The molecule has 0 aliphatic rings. The molecule has 0 aliphatic carbocycles. The first-order chi connectivity index (χ1) is 16.0. The molecule has 0 saturated carbocycles. The minimum atomic E-state index is -0.0411. The molecule has 0 aliphatic heterocycles. The molecular weight excluding hydrogens is 412 g/mol. The van der Waals surface area contributed by atoms with Crippen molar-refractivity contribution in [2.75, 3.05) is 12.8 Å². The predicted octanol–water partition coefficient (Wildman–Crippen LogP) is 6.92. The van der Waals surface area contributed by atoms with Gasteiger partial charge in [-0.25, -0.2) is 0 Å². The van der Waals surface area contributed by atoms with E-state index in [4.69, 9.17) is 5.73 Å². The fourth-order valence-corrected chi connectivity index (χ4v) is 3.03. The summed E-state index contributed by atoms with van der Waals surface area (Å²) in [5.74, 6) is 0.125. The Morgan fingerprint density at radius 1 is 0.879 bits per heavy atom. The lowest BCUT2D eigenvalue weighted by atomic mass is 10.0. The first-order valence-corrected chi connectivity index (χ1v) is 10.8. The third kappa shape index (κ3) is 6.90. The number of nitrogens with zero attached hydrogens (tertiary/aromatic N) is 2. The van der Waals surface area contributed by atoms with Crippen LogP contribution in [0.25, 0.3) is 10.8 Å². The van der Waals surface area contributed by atoms with Gasteiger partial charge in [-0.2, -0.15) is 5.11 Å². The second-order valence-electron chi connectivity index (χ2n) is 6.87. The zero-order chi connectivity index (χ0) is 24.2. The molecule has 0 spiro atoms. The number of fused-ring (bicyclic) bond motifs is 1. The number of rotatable bonds is 3. The number of azo groups is 1. The van der Waals surface area contributed by atoms with Crippen LogP contribution >= 0.6 is 0 Å². The number of nitrogen functional groups attached to an aromatic ring is 1. The topological polar surface area (TPSA) is 100 Å². The van der Waals surface area contributed by atoms with Crippen LogP contribution in [0.2, 0.25) is 0 Å². The first kappa shape index (κ1) is 25.1. The van der Waals surface area contributed by atoms with E-state index in [1.54, 1.807) is 31.3 Å². The molecule has 0 unspecified atom stereocenters. The smallest absolute Gasteiger partial charge is 0.251 e. The molecule has 170 valence electrons. The number of carbonyl (C=O) groups excluding carboxylic acids is 1. The number of carbonyl (C=O) groups is 1. The van der Waals surface area contributed by atoms with Crippen LogP contribution in [-0.4, -0.2) is 18.1 Å². The molecule has 0 atom stereocenters. The van der Waals surface area contributed by atoms with Gasteiger partial charge < -0.3 is 16.2 Å². The molecule has 4 aromatic rings. The van der Waals surface area contributed by atoms with Gasteiger partial charge in [-0.1, -0.05) is 62.4 Å². The van der Waals surface area contributed by atoms with Crippen molar-refractivity contribution in [1.82, 2.24) is 5.32 Å². The lowest BCUT2D eigenvalue weighted by Crippen LogP contribution is -2.17. The van der Waals surface area contributed by atoms with Crippen molar-refractivity contribution < 1.29 is 9.90 Å². The molecule has 0 bridgehead atoms. The highest BCUT2D eigenvalue weighted by Gasteiger charge is 2.10. The summed E-state index contributed by atoms with van der Waals surface area (Å²) in [6, 6.07) is 25.9. The Balaban J connectivity index is 0.000000270. The number of phenolic OH excluding ortho intramolecular Hbond substituents is 1. The summed E-state index contributed by atoms with van der Waals surface area (Å²) in [4.78, 5) is 10.9. The van der Waals surface area contributed by atoms with Gasteiger partial charge in [0.05, 0.1) is 16.8 Å². The molecule has 33 heavy (non-hydrogen) atoms. The Bertz CT molecular complexity index is 1210. The zero-order valence-corrected chi connectivity index (χ0v) is 19.4. The van der Waals surface area contributed by atoms with Gasteiger partial charge in [-0.3, -0.25) is 4.79 Å². The number of anilines is 1. The molecule has 0 saturated heterocycles. The van der Waals surface area contributed by atoms with E-state index in [1.807, 2.05) is 81.4 Å². The van der Waals surface area contributed by atoms with Crippen LogP contribution < -0.4 is 11.1 Å². The molecule has 1 amide bonds. The van der Waals surface area contributed by atoms with E-state index < -0.39 is 0 Å². The summed E-state index contributed by atoms with van der Waals surface area (Å²) < 4.78 is 0. The Labute approximate surface area is 194 Å². The van der Waals surface area contributed by atoms with Crippen LogP contribution in [-0.2, 0) is 0 Å². The number of aromatic hydroxyl groups is 1. The van der Waals surface area contributed by atoms with E-state index in [2.05, 4.69) is 15.5 Å². The van der Waals surface area contributed by atoms with Gasteiger partial charge >= 0.3 is 0 Å². The van der Waals surface area contributed by atoms with Crippen LogP contribution in [0.5, 0.6) is 5.75 Å². The summed E-state index contributed by atoms with van der Waals surface area (Å²) in [6.45, 7) is 5.93. The van der Waals surface area contributed by atoms with Gasteiger partial charge in [0, 0.05) is 12.6 Å². The fraction of sp³-hybridized carbons (Fsp3) is 0.148. The number of nitrogens with two attached hydrogens (primary N) is 1. The van der Waals surface area contributed by atoms with Crippen molar-refractivity contribution in [1.29, 1.82) is 0 Å². The minimum Gasteiger partial charge on any atom is -0.507 e. The van der Waals surface area contributed by atoms with Crippen LogP contribution in [0.15, 0.2) is 95.2 Å². The van der Waals surface area contributed by atoms with E-state index in [1.165, 1.54) is 0 Å². The van der Waals surface area contributed by atoms with Gasteiger partial charge in [0.1, 0.15) is 11.4 Å². The summed E-state index contributed by atoms with van der Waals surface area (Å²) in [7, 11) is 1.62. The third-order valence-electron chi connectivity index (χ3n) is 4.53. The maximum absolute atomic E-state index is 10.9. The Hall–Kier alpha value is -4.19. The predicted molar refractivity (Wildman–Crippen MR) is 137 cm³/mol. The highest BCUT2D eigenvalue weighted by molar-refractivity contribution is 6.02. The zero-order valence-electron chi connectivity index (χ0n) is 19.4. The molecular formula is C27H30N4O2. The number of hydrogen-bond acceptors (Lipinski definition) is 5. The Morgan fingerprint density at radius 3 is 2.09 bits per heavy atom. The Kier molecular flexibility index (Phi) is 9.58. The van der Waals surface area contributed by atoms with E-state index >= 15 is 0 Å². The van der Waals surface area contributed by atoms with Crippen LogP contribution in [0.1, 0.15) is 29.8 Å². The molecule has 0 fully saturated rings. The molecule has 4 N–H and O–H groups in total. The van der Waals surface area contributed by atoms with E-state index in [0.29, 0.717) is 22.3 Å². The molecule has 6 heteroatoms. The molecule has 4 aromatic carbocycles. The number of benzene rings is 4. The lowest BCUT2D eigenvalue weighted by molar-refractivity contribution is 0.0963. The van der Waals surface area contributed by atoms with E-state index in [-0.39, 0.29) is 11.7 Å². The summed E-state index contributed by atoms with van der Waals surface area (Å²) in [5.41, 5.74) is 9.39. The quantitative estimate of drug-likeness (QED) is 0.237. The van der Waals surface area contributed by atoms with Gasteiger partial charge in [0.15, 0.2) is 0 Å². The maximum Gasteiger partial charge on any atom is 0.251 e. The molecule has 6 nitrogen and oxygen atoms in total. The largest absolute Gasteiger partial charge is 0.507 e. The van der Waals surface area contributed by atoms with E-state index in [0.717, 1.165) is 16.6 Å². The van der Waals surface area contributed by atoms with E-state index in [9.17, 15) is 9.90 Å². The highest BCUT2D eigenvalue weighted by Crippen LogP contribution is 2.39. The number of hydrogen-bond donors (Lipinski definition) is 3. The lowest BCUT2D eigenvalue weighted by Gasteiger charge is -2.08. The standard InChI is InChI=1S/C17H15N3O.C8H9NO.C2H6/c1-11-9-12-7-8-14(18)17(16(12)15(21)10-11)20-19-13-5-3-2-4-6-13;1-9-8(10)7-5-3-2-4-6-7;1-2/h2-10,21H,18H2,1H3;2-6H,1H3,(H,9,10);1-2H3. The van der Waals surface area contributed by atoms with Crippen molar-refractivity contribution in [2.45, 2.75) is 20.8 Å². The van der Waals surface area contributed by atoms with Crippen LogP contribution in [0.3, 0.4) is 0 Å². The fourth-order valence-electron chi connectivity index (χ4n) is 3.03. The molecule has 4 rings (SSSR count). The summed E-state index contributed by atoms with van der Waals surface area (Å²) >= 11 is 0. The molecule has 0 aromatic heterocycles. The minimum absolute atomic E-state index is 0.0411. The monoisotopic (exact) mass is 442 g/mol. The van der Waals surface area contributed by atoms with Crippen LogP contribution in [0.4, 0.5) is 17.1 Å². The normalized spacial score (nSPS) is 10.1. The van der Waals surface area contributed by atoms with Crippen molar-refractivity contribution >= 4 is 33.7 Å². The van der Waals surface area contributed by atoms with Crippen molar-refractivity contribution in [3.05, 3.63) is 96.1 Å². The third-order valence-corrected chi connectivity index (χ3v) is 4.53. The van der Waals surface area contributed by atoms with Gasteiger partial charge in [-0.05, 0) is 54.3 Å². The van der Waals surface area contributed by atoms with Crippen molar-refractivity contribution in [3.8, 4) is 5.75 Å². The van der Waals surface area contributed by atoms with Gasteiger partial charge in [0.2, 0.25) is 0 Å². The highest BCUT2D eigenvalue weighted by atomic mass is 16.3. The first-order valence-electron chi connectivity index (χ1n) is 10.8. The number of nitrogens with one attached hydrogen (secondary N) is 1. The number of phenols is 1. The van der Waals surface area contributed by atoms with Crippen molar-refractivity contribution in [2.24, 2.45) is 10.2 Å². The molecule has 0 radical (unpaired) electrons. The average molecular weight is 443 g/mol.